The molecule has 0 aromatic rings. The van der Waals surface area contributed by atoms with E-state index < -0.39 is 0 Å². The molecule has 1 N–H and O–H groups in total. The van der Waals surface area contributed by atoms with Gasteiger partial charge in [0, 0.05) is 17.6 Å². The van der Waals surface area contributed by atoms with E-state index in [1.165, 1.54) is 5.70 Å². The molecular formula is C7H11NS. The molecule has 1 rings (SSSR count). The minimum Gasteiger partial charge on any atom is -0.391 e. The Hall–Kier alpha value is -0.370. The van der Waals surface area contributed by atoms with Gasteiger partial charge < -0.3 is 5.32 Å². The molecule has 1 nitrogen and oxygen atoms in total. The lowest BCUT2D eigenvalue weighted by Crippen LogP contribution is -2.08. The first-order valence-electron chi connectivity index (χ1n) is 3.11. The summed E-state index contributed by atoms with van der Waals surface area (Å²) in [4.78, 5) is 1.07. The van der Waals surface area contributed by atoms with Crippen LogP contribution in [0, 0.1) is 0 Å². The second kappa shape index (κ2) is 2.97. The lowest BCUT2D eigenvalue weighted by atomic mass is 10.1. The third kappa shape index (κ3) is 1.52. The van der Waals surface area contributed by atoms with Crippen molar-refractivity contribution in [3.8, 4) is 0 Å². The second-order valence-corrected chi connectivity index (χ2v) is 2.54. The summed E-state index contributed by atoms with van der Waals surface area (Å²) in [5, 5.41) is 3.11. The van der Waals surface area contributed by atoms with E-state index in [-0.39, 0.29) is 0 Å². The van der Waals surface area contributed by atoms with Gasteiger partial charge in [-0.05, 0) is 12.8 Å². The van der Waals surface area contributed by atoms with Crippen molar-refractivity contribution >= 4 is 12.6 Å². The van der Waals surface area contributed by atoms with Crippen LogP contribution in [-0.2, 0) is 0 Å². The van der Waals surface area contributed by atoms with Crippen LogP contribution in [0.4, 0.5) is 0 Å². The van der Waals surface area contributed by atoms with Gasteiger partial charge in [0.25, 0.3) is 0 Å². The molecular weight excluding hydrogens is 130 g/mol. The number of nitrogens with one attached hydrogen (secondary N) is 1. The molecule has 0 saturated heterocycles. The standard InChI is InChI=1S/C7H11NS/c1-8-6-4-2-3-5-7(6)9/h3,5,8-9H,2,4H2,1H3. The Morgan fingerprint density at radius 2 is 2.44 bits per heavy atom. The van der Waals surface area contributed by atoms with Gasteiger partial charge >= 0.3 is 0 Å². The summed E-state index contributed by atoms with van der Waals surface area (Å²) < 4.78 is 0. The summed E-state index contributed by atoms with van der Waals surface area (Å²) in [7, 11) is 1.94. The van der Waals surface area contributed by atoms with Crippen LogP contribution < -0.4 is 5.32 Å². The van der Waals surface area contributed by atoms with Gasteiger partial charge in [-0.15, -0.1) is 12.6 Å². The molecule has 0 unspecified atom stereocenters. The maximum absolute atomic E-state index is 4.27. The molecule has 0 aromatic carbocycles. The number of allylic oxidation sites excluding steroid dienone is 3. The summed E-state index contributed by atoms with van der Waals surface area (Å²) in [6.45, 7) is 0. The zero-order chi connectivity index (χ0) is 6.69. The number of hydrogen-bond donors (Lipinski definition) is 2. The van der Waals surface area contributed by atoms with E-state index in [1.807, 2.05) is 13.1 Å². The van der Waals surface area contributed by atoms with Crippen molar-refractivity contribution in [3.05, 3.63) is 22.8 Å². The zero-order valence-corrected chi connectivity index (χ0v) is 6.41. The molecule has 2 heteroatoms. The van der Waals surface area contributed by atoms with E-state index in [4.69, 9.17) is 0 Å². The number of hydrogen-bond acceptors (Lipinski definition) is 2. The molecule has 0 saturated carbocycles. The van der Waals surface area contributed by atoms with E-state index in [1.54, 1.807) is 0 Å². The Kier molecular flexibility index (Phi) is 2.22. The smallest absolute Gasteiger partial charge is 0.0242 e. The predicted molar refractivity (Wildman–Crippen MR) is 43.4 cm³/mol. The van der Waals surface area contributed by atoms with E-state index in [9.17, 15) is 0 Å². The number of thiol groups is 1. The third-order valence-corrected chi connectivity index (χ3v) is 1.87. The van der Waals surface area contributed by atoms with Gasteiger partial charge in [0.2, 0.25) is 0 Å². The van der Waals surface area contributed by atoms with Gasteiger partial charge in [0.1, 0.15) is 0 Å². The minimum absolute atomic E-state index is 1.07. The molecule has 0 spiro atoms. The van der Waals surface area contributed by atoms with Gasteiger partial charge in [-0.2, -0.15) is 0 Å². The van der Waals surface area contributed by atoms with E-state index in [2.05, 4.69) is 24.0 Å². The fourth-order valence-electron chi connectivity index (χ4n) is 0.904. The van der Waals surface area contributed by atoms with Crippen LogP contribution in [-0.4, -0.2) is 7.05 Å². The first kappa shape index (κ1) is 6.75. The first-order chi connectivity index (χ1) is 4.34. The molecule has 1 aliphatic carbocycles. The molecule has 0 aliphatic heterocycles. The number of rotatable bonds is 1. The van der Waals surface area contributed by atoms with Gasteiger partial charge in [0.15, 0.2) is 0 Å². The van der Waals surface area contributed by atoms with Crippen LogP contribution in [0.2, 0.25) is 0 Å². The Bertz CT molecular complexity index is 158. The van der Waals surface area contributed by atoms with E-state index in [0.717, 1.165) is 17.7 Å². The highest BCUT2D eigenvalue weighted by molar-refractivity contribution is 7.84. The summed E-state index contributed by atoms with van der Waals surface area (Å²) in [6.07, 6.45) is 6.42. The van der Waals surface area contributed by atoms with Crippen LogP contribution in [0.1, 0.15) is 12.8 Å². The summed E-state index contributed by atoms with van der Waals surface area (Å²) in [5.74, 6) is 0. The third-order valence-electron chi connectivity index (χ3n) is 1.45. The van der Waals surface area contributed by atoms with Crippen molar-refractivity contribution in [2.45, 2.75) is 12.8 Å². The molecule has 0 atom stereocenters. The Morgan fingerprint density at radius 3 is 2.89 bits per heavy atom. The van der Waals surface area contributed by atoms with Crippen molar-refractivity contribution in [1.82, 2.24) is 5.32 Å². The second-order valence-electron chi connectivity index (χ2n) is 2.05. The Morgan fingerprint density at radius 1 is 1.67 bits per heavy atom. The fourth-order valence-corrected chi connectivity index (χ4v) is 1.23. The first-order valence-corrected chi connectivity index (χ1v) is 3.55. The van der Waals surface area contributed by atoms with Gasteiger partial charge in [-0.3, -0.25) is 0 Å². The predicted octanol–water partition coefficient (Wildman–Crippen LogP) is 1.70. The SMILES string of the molecule is CNC1=C(S)C=CCC1. The monoisotopic (exact) mass is 141 g/mol. The summed E-state index contributed by atoms with van der Waals surface area (Å²) >= 11 is 4.27. The molecule has 1 aliphatic rings. The normalized spacial score (nSPS) is 18.4. The van der Waals surface area contributed by atoms with Crippen LogP contribution in [0.3, 0.4) is 0 Å². The molecule has 50 valence electrons. The Balaban J connectivity index is 2.72. The maximum Gasteiger partial charge on any atom is 0.0242 e. The van der Waals surface area contributed by atoms with Gasteiger partial charge in [-0.25, -0.2) is 0 Å². The largest absolute Gasteiger partial charge is 0.391 e. The van der Waals surface area contributed by atoms with E-state index in [0.29, 0.717) is 0 Å². The zero-order valence-electron chi connectivity index (χ0n) is 5.52. The van der Waals surface area contributed by atoms with Crippen LogP contribution in [0.25, 0.3) is 0 Å². The molecule has 0 aromatic heterocycles. The van der Waals surface area contributed by atoms with Crippen LogP contribution in [0.5, 0.6) is 0 Å². The van der Waals surface area contributed by atoms with Crippen LogP contribution >= 0.6 is 12.6 Å². The van der Waals surface area contributed by atoms with Crippen molar-refractivity contribution < 1.29 is 0 Å². The van der Waals surface area contributed by atoms with Crippen molar-refractivity contribution in [3.63, 3.8) is 0 Å². The Labute approximate surface area is 61.2 Å². The topological polar surface area (TPSA) is 12.0 Å². The highest BCUT2D eigenvalue weighted by atomic mass is 32.1. The van der Waals surface area contributed by atoms with Crippen molar-refractivity contribution in [2.24, 2.45) is 0 Å². The average Bonchev–Trinajstić information content (AvgIpc) is 1.89. The molecule has 9 heavy (non-hydrogen) atoms. The fraction of sp³-hybridized carbons (Fsp3) is 0.429. The molecule has 0 radical (unpaired) electrons. The lowest BCUT2D eigenvalue weighted by Gasteiger charge is -2.10. The van der Waals surface area contributed by atoms with Crippen molar-refractivity contribution in [2.75, 3.05) is 7.05 Å². The highest BCUT2D eigenvalue weighted by Crippen LogP contribution is 2.18. The van der Waals surface area contributed by atoms with Gasteiger partial charge in [-0.1, -0.05) is 12.2 Å². The summed E-state index contributed by atoms with van der Waals surface area (Å²) in [5.41, 5.74) is 1.25. The highest BCUT2D eigenvalue weighted by Gasteiger charge is 2.00. The molecule has 0 amide bonds. The summed E-state index contributed by atoms with van der Waals surface area (Å²) in [6, 6.07) is 0. The maximum atomic E-state index is 4.27. The minimum atomic E-state index is 1.07. The molecule has 0 bridgehead atoms. The van der Waals surface area contributed by atoms with Gasteiger partial charge in [0.05, 0.1) is 0 Å². The quantitative estimate of drug-likeness (QED) is 0.530. The molecule has 0 fully saturated rings. The van der Waals surface area contributed by atoms with Crippen LogP contribution in [0.15, 0.2) is 22.8 Å². The van der Waals surface area contributed by atoms with Crippen molar-refractivity contribution in [1.29, 1.82) is 0 Å². The van der Waals surface area contributed by atoms with E-state index >= 15 is 0 Å². The lowest BCUT2D eigenvalue weighted by molar-refractivity contribution is 0.838. The average molecular weight is 141 g/mol. The molecule has 0 heterocycles.